The van der Waals surface area contributed by atoms with Gasteiger partial charge in [0.25, 0.3) is 0 Å². The third-order valence-electron chi connectivity index (χ3n) is 4.47. The number of rotatable bonds is 10. The zero-order chi connectivity index (χ0) is 17.2. The van der Waals surface area contributed by atoms with Crippen LogP contribution in [0.5, 0.6) is 5.75 Å². The standard InChI is InChI=1S/C19H30N2O3/c1-16(21-11-3-4-12-21)17-7-5-8-18(15-17)24-13-6-10-20-19(22)9-14-23-2/h5,7-8,15-16H,3-4,6,9-14H2,1-2H3,(H,20,22). The van der Waals surface area contributed by atoms with E-state index in [1.807, 2.05) is 6.07 Å². The number of methoxy groups -OCH3 is 1. The molecule has 24 heavy (non-hydrogen) atoms. The highest BCUT2D eigenvalue weighted by Gasteiger charge is 2.19. The molecule has 2 rings (SSSR count). The molecule has 0 bridgehead atoms. The van der Waals surface area contributed by atoms with Crippen molar-refractivity contribution in [2.24, 2.45) is 0 Å². The van der Waals surface area contributed by atoms with Crippen molar-refractivity contribution in [3.05, 3.63) is 29.8 Å². The van der Waals surface area contributed by atoms with E-state index in [0.29, 0.717) is 32.2 Å². The lowest BCUT2D eigenvalue weighted by molar-refractivity contribution is -0.121. The zero-order valence-corrected chi connectivity index (χ0v) is 14.9. The summed E-state index contributed by atoms with van der Waals surface area (Å²) < 4.78 is 10.7. The van der Waals surface area contributed by atoms with Gasteiger partial charge >= 0.3 is 0 Å². The van der Waals surface area contributed by atoms with Crippen LogP contribution in [0.15, 0.2) is 24.3 Å². The Morgan fingerprint density at radius 3 is 2.83 bits per heavy atom. The molecule has 1 aliphatic rings. The molecule has 1 aromatic carbocycles. The van der Waals surface area contributed by atoms with E-state index in [9.17, 15) is 4.79 Å². The van der Waals surface area contributed by atoms with Gasteiger partial charge in [0.2, 0.25) is 5.91 Å². The maximum atomic E-state index is 11.4. The third-order valence-corrected chi connectivity index (χ3v) is 4.47. The van der Waals surface area contributed by atoms with Crippen LogP contribution in [-0.2, 0) is 9.53 Å². The van der Waals surface area contributed by atoms with Crippen LogP contribution < -0.4 is 10.1 Å². The molecule has 1 amide bonds. The molecule has 0 saturated carbocycles. The molecule has 1 aromatic rings. The second-order valence-electron chi connectivity index (χ2n) is 6.29. The minimum absolute atomic E-state index is 0.0262. The van der Waals surface area contributed by atoms with Gasteiger partial charge in [0.15, 0.2) is 0 Å². The number of nitrogens with one attached hydrogen (secondary N) is 1. The number of ether oxygens (including phenoxy) is 2. The summed E-state index contributed by atoms with van der Waals surface area (Å²) in [6.07, 6.45) is 3.81. The third kappa shape index (κ3) is 6.13. The van der Waals surface area contributed by atoms with Crippen molar-refractivity contribution in [2.45, 2.75) is 38.6 Å². The van der Waals surface area contributed by atoms with E-state index >= 15 is 0 Å². The molecule has 1 N–H and O–H groups in total. The highest BCUT2D eigenvalue weighted by atomic mass is 16.5. The molecular weight excluding hydrogens is 304 g/mol. The molecule has 0 spiro atoms. The molecule has 1 fully saturated rings. The first-order valence-electron chi connectivity index (χ1n) is 8.93. The molecule has 1 aliphatic heterocycles. The minimum Gasteiger partial charge on any atom is -0.494 e. The maximum absolute atomic E-state index is 11.4. The van der Waals surface area contributed by atoms with Crippen molar-refractivity contribution in [3.8, 4) is 5.75 Å². The van der Waals surface area contributed by atoms with Gasteiger partial charge in [-0.15, -0.1) is 0 Å². The van der Waals surface area contributed by atoms with Gasteiger partial charge in [-0.25, -0.2) is 0 Å². The summed E-state index contributed by atoms with van der Waals surface area (Å²) in [6, 6.07) is 8.81. The van der Waals surface area contributed by atoms with E-state index in [0.717, 1.165) is 12.2 Å². The number of hydrogen-bond acceptors (Lipinski definition) is 4. The average Bonchev–Trinajstić information content (AvgIpc) is 3.14. The van der Waals surface area contributed by atoms with E-state index in [1.54, 1.807) is 7.11 Å². The van der Waals surface area contributed by atoms with Gasteiger partial charge in [-0.3, -0.25) is 9.69 Å². The summed E-state index contributed by atoms with van der Waals surface area (Å²) in [5.41, 5.74) is 1.31. The van der Waals surface area contributed by atoms with E-state index in [2.05, 4.69) is 35.3 Å². The summed E-state index contributed by atoms with van der Waals surface area (Å²) >= 11 is 0. The maximum Gasteiger partial charge on any atom is 0.222 e. The molecule has 1 unspecified atom stereocenters. The van der Waals surface area contributed by atoms with Crippen LogP contribution >= 0.6 is 0 Å². The number of nitrogens with zero attached hydrogens (tertiary/aromatic N) is 1. The summed E-state index contributed by atoms with van der Waals surface area (Å²) in [5.74, 6) is 0.933. The highest BCUT2D eigenvalue weighted by Crippen LogP contribution is 2.26. The molecule has 1 heterocycles. The molecule has 1 saturated heterocycles. The van der Waals surface area contributed by atoms with Crippen LogP contribution in [0, 0.1) is 0 Å². The van der Waals surface area contributed by atoms with Crippen LogP contribution in [0.2, 0.25) is 0 Å². The number of likely N-dealkylation sites (tertiary alicyclic amines) is 1. The van der Waals surface area contributed by atoms with Gasteiger partial charge in [0.05, 0.1) is 13.2 Å². The smallest absolute Gasteiger partial charge is 0.222 e. The Bertz CT molecular complexity index is 501. The molecule has 134 valence electrons. The van der Waals surface area contributed by atoms with Crippen LogP contribution in [0.1, 0.15) is 44.2 Å². The Morgan fingerprint density at radius 2 is 2.08 bits per heavy atom. The fourth-order valence-corrected chi connectivity index (χ4v) is 2.98. The SMILES string of the molecule is COCCC(=O)NCCCOc1cccc(C(C)N2CCCC2)c1. The molecule has 0 radical (unpaired) electrons. The molecule has 0 aromatic heterocycles. The second kappa shape index (κ2) is 10.3. The quantitative estimate of drug-likeness (QED) is 0.669. The summed E-state index contributed by atoms with van der Waals surface area (Å²) in [4.78, 5) is 14.0. The van der Waals surface area contributed by atoms with Crippen LogP contribution in [0.4, 0.5) is 0 Å². The van der Waals surface area contributed by atoms with Crippen molar-refractivity contribution in [2.75, 3.05) is 40.0 Å². The van der Waals surface area contributed by atoms with Gasteiger partial charge in [-0.05, 0) is 57.0 Å². The molecule has 0 aliphatic carbocycles. The Morgan fingerprint density at radius 1 is 1.29 bits per heavy atom. The molecule has 5 heteroatoms. The first-order chi connectivity index (χ1) is 11.7. The zero-order valence-electron chi connectivity index (χ0n) is 14.9. The Balaban J connectivity index is 1.69. The first kappa shape index (κ1) is 18.7. The van der Waals surface area contributed by atoms with Crippen molar-refractivity contribution in [1.82, 2.24) is 10.2 Å². The predicted molar refractivity (Wildman–Crippen MR) is 95.3 cm³/mol. The average molecular weight is 334 g/mol. The summed E-state index contributed by atoms with van der Waals surface area (Å²) in [5, 5.41) is 2.86. The van der Waals surface area contributed by atoms with Gasteiger partial charge in [0.1, 0.15) is 5.75 Å². The van der Waals surface area contributed by atoms with Crippen LogP contribution in [0.3, 0.4) is 0 Å². The summed E-state index contributed by atoms with van der Waals surface area (Å²) in [7, 11) is 1.60. The van der Waals surface area contributed by atoms with Crippen molar-refractivity contribution in [3.63, 3.8) is 0 Å². The van der Waals surface area contributed by atoms with Gasteiger partial charge < -0.3 is 14.8 Å². The number of hydrogen-bond donors (Lipinski definition) is 1. The van der Waals surface area contributed by atoms with Crippen LogP contribution in [-0.4, -0.2) is 50.8 Å². The Kier molecular flexibility index (Phi) is 8.05. The van der Waals surface area contributed by atoms with Gasteiger partial charge in [-0.1, -0.05) is 12.1 Å². The van der Waals surface area contributed by atoms with Gasteiger partial charge in [-0.2, -0.15) is 0 Å². The Hall–Kier alpha value is -1.59. The van der Waals surface area contributed by atoms with E-state index in [4.69, 9.17) is 9.47 Å². The monoisotopic (exact) mass is 334 g/mol. The largest absolute Gasteiger partial charge is 0.494 e. The van der Waals surface area contributed by atoms with Crippen LogP contribution in [0.25, 0.3) is 0 Å². The lowest BCUT2D eigenvalue weighted by atomic mass is 10.1. The van der Waals surface area contributed by atoms with Crippen molar-refractivity contribution in [1.29, 1.82) is 0 Å². The fourth-order valence-electron chi connectivity index (χ4n) is 2.98. The molecule has 1 atom stereocenters. The summed E-state index contributed by atoms with van der Waals surface area (Å²) in [6.45, 7) is 6.34. The first-order valence-corrected chi connectivity index (χ1v) is 8.93. The lowest BCUT2D eigenvalue weighted by Gasteiger charge is -2.24. The number of amides is 1. The van der Waals surface area contributed by atoms with E-state index in [1.165, 1.54) is 31.5 Å². The Labute approximate surface area is 145 Å². The topological polar surface area (TPSA) is 50.8 Å². The minimum atomic E-state index is 0.0262. The van der Waals surface area contributed by atoms with Gasteiger partial charge in [0, 0.05) is 26.1 Å². The predicted octanol–water partition coefficient (Wildman–Crippen LogP) is 2.77. The second-order valence-corrected chi connectivity index (χ2v) is 6.29. The fraction of sp³-hybridized carbons (Fsp3) is 0.632. The number of carbonyl (C=O) groups excluding carboxylic acids is 1. The number of carbonyl (C=O) groups is 1. The normalized spacial score (nSPS) is 16.1. The number of benzene rings is 1. The highest BCUT2D eigenvalue weighted by molar-refractivity contribution is 5.75. The van der Waals surface area contributed by atoms with E-state index < -0.39 is 0 Å². The lowest BCUT2D eigenvalue weighted by Crippen LogP contribution is -2.26. The molecule has 5 nitrogen and oxygen atoms in total. The van der Waals surface area contributed by atoms with Crippen molar-refractivity contribution < 1.29 is 14.3 Å². The van der Waals surface area contributed by atoms with E-state index in [-0.39, 0.29) is 5.91 Å². The van der Waals surface area contributed by atoms with Crippen molar-refractivity contribution >= 4 is 5.91 Å². The molecular formula is C19H30N2O3.